The minimum atomic E-state index is -0.638. The lowest BCUT2D eigenvalue weighted by molar-refractivity contribution is -0.129. The number of benzene rings is 2. The smallest absolute Gasteiger partial charge is 0.274 e. The van der Waals surface area contributed by atoms with Crippen molar-refractivity contribution in [2.75, 3.05) is 13.2 Å². The summed E-state index contributed by atoms with van der Waals surface area (Å²) < 4.78 is 12.5. The maximum atomic E-state index is 12.5. The van der Waals surface area contributed by atoms with Crippen molar-refractivity contribution in [1.29, 1.82) is 0 Å². The standard InChI is InChI=1S/C22H25N3O4/c1-3-28-20(21(23)26)13-16-5-7-18(8-6-16)29-11-10-25-22(27)19-9-4-15(2)12-17(19)14-24-25/h4-9,12,14,20H,3,10-11,13H2,1-2H3,(H2,23,26). The number of rotatable bonds is 9. The summed E-state index contributed by atoms with van der Waals surface area (Å²) in [5.74, 6) is 0.195. The Bertz CT molecular complexity index is 1040. The topological polar surface area (TPSA) is 96.4 Å². The molecule has 3 aromatic rings. The van der Waals surface area contributed by atoms with Gasteiger partial charge in [-0.15, -0.1) is 0 Å². The van der Waals surface area contributed by atoms with Gasteiger partial charge in [0.2, 0.25) is 5.91 Å². The van der Waals surface area contributed by atoms with Gasteiger partial charge in [-0.1, -0.05) is 23.8 Å². The van der Waals surface area contributed by atoms with Gasteiger partial charge in [0.05, 0.1) is 18.1 Å². The van der Waals surface area contributed by atoms with Gasteiger partial charge in [-0.2, -0.15) is 5.10 Å². The summed E-state index contributed by atoms with van der Waals surface area (Å²) in [7, 11) is 0. The van der Waals surface area contributed by atoms with E-state index in [0.717, 1.165) is 16.5 Å². The van der Waals surface area contributed by atoms with E-state index in [-0.39, 0.29) is 5.56 Å². The van der Waals surface area contributed by atoms with Crippen LogP contribution in [0.15, 0.2) is 53.5 Å². The number of aryl methyl sites for hydroxylation is 1. The number of hydrogen-bond donors (Lipinski definition) is 1. The van der Waals surface area contributed by atoms with Crippen LogP contribution in [0.3, 0.4) is 0 Å². The van der Waals surface area contributed by atoms with Gasteiger partial charge in [-0.05, 0) is 43.7 Å². The van der Waals surface area contributed by atoms with E-state index in [1.54, 1.807) is 6.20 Å². The molecule has 0 aliphatic carbocycles. The molecule has 0 saturated carbocycles. The largest absolute Gasteiger partial charge is 0.492 e. The van der Waals surface area contributed by atoms with E-state index >= 15 is 0 Å². The van der Waals surface area contributed by atoms with Gasteiger partial charge in [-0.3, -0.25) is 9.59 Å². The molecule has 7 heteroatoms. The highest BCUT2D eigenvalue weighted by Gasteiger charge is 2.15. The lowest BCUT2D eigenvalue weighted by Crippen LogP contribution is -2.33. The van der Waals surface area contributed by atoms with E-state index in [0.29, 0.717) is 37.3 Å². The fraction of sp³-hybridized carbons (Fsp3) is 0.318. The SMILES string of the molecule is CCOC(Cc1ccc(OCCn2ncc3cc(C)ccc3c2=O)cc1)C(N)=O. The van der Waals surface area contributed by atoms with Crippen LogP contribution < -0.4 is 16.0 Å². The van der Waals surface area contributed by atoms with Crippen LogP contribution in [0.1, 0.15) is 18.1 Å². The first-order chi connectivity index (χ1) is 14.0. The average Bonchev–Trinajstić information content (AvgIpc) is 2.70. The zero-order valence-corrected chi connectivity index (χ0v) is 16.6. The van der Waals surface area contributed by atoms with Crippen molar-refractivity contribution >= 4 is 16.7 Å². The number of primary amides is 1. The van der Waals surface area contributed by atoms with E-state index in [2.05, 4.69) is 5.10 Å². The third kappa shape index (κ3) is 5.20. The number of nitrogens with two attached hydrogens (primary N) is 1. The van der Waals surface area contributed by atoms with Crippen molar-refractivity contribution in [2.24, 2.45) is 5.73 Å². The Morgan fingerprint density at radius 2 is 1.97 bits per heavy atom. The number of ether oxygens (including phenoxy) is 2. The Kier molecular flexibility index (Phi) is 6.61. The molecule has 3 rings (SSSR count). The Morgan fingerprint density at radius 1 is 1.21 bits per heavy atom. The molecule has 1 unspecified atom stereocenters. The molecule has 29 heavy (non-hydrogen) atoms. The van der Waals surface area contributed by atoms with Crippen LogP contribution in [0.4, 0.5) is 0 Å². The molecule has 0 fully saturated rings. The Hall–Kier alpha value is -3.19. The van der Waals surface area contributed by atoms with Crippen LogP contribution in [0.25, 0.3) is 10.8 Å². The van der Waals surface area contributed by atoms with Gasteiger partial charge in [-0.25, -0.2) is 4.68 Å². The molecule has 1 atom stereocenters. The molecule has 0 aliphatic rings. The Balaban J connectivity index is 1.59. The second-order valence-electron chi connectivity index (χ2n) is 6.81. The van der Waals surface area contributed by atoms with E-state index in [4.69, 9.17) is 15.2 Å². The number of nitrogens with zero attached hydrogens (tertiary/aromatic N) is 2. The lowest BCUT2D eigenvalue weighted by atomic mass is 10.1. The average molecular weight is 395 g/mol. The molecule has 1 aromatic heterocycles. The van der Waals surface area contributed by atoms with Crippen LogP contribution in [-0.4, -0.2) is 35.0 Å². The molecule has 1 heterocycles. The molecular formula is C22H25N3O4. The molecule has 2 aromatic carbocycles. The highest BCUT2D eigenvalue weighted by atomic mass is 16.5. The summed E-state index contributed by atoms with van der Waals surface area (Å²) in [5, 5.41) is 5.71. The van der Waals surface area contributed by atoms with Gasteiger partial charge in [0.1, 0.15) is 18.5 Å². The maximum Gasteiger partial charge on any atom is 0.274 e. The summed E-state index contributed by atoms with van der Waals surface area (Å²) in [6.07, 6.45) is 1.48. The minimum absolute atomic E-state index is 0.130. The molecule has 0 bridgehead atoms. The van der Waals surface area contributed by atoms with Gasteiger partial charge in [0.15, 0.2) is 0 Å². The van der Waals surface area contributed by atoms with E-state index < -0.39 is 12.0 Å². The van der Waals surface area contributed by atoms with Crippen LogP contribution >= 0.6 is 0 Å². The van der Waals surface area contributed by atoms with Gasteiger partial charge >= 0.3 is 0 Å². The molecule has 0 aliphatic heterocycles. The molecular weight excluding hydrogens is 370 g/mol. The van der Waals surface area contributed by atoms with Crippen molar-refractivity contribution < 1.29 is 14.3 Å². The van der Waals surface area contributed by atoms with Crippen molar-refractivity contribution in [3.05, 3.63) is 70.1 Å². The third-order valence-corrected chi connectivity index (χ3v) is 4.61. The normalized spacial score (nSPS) is 12.1. The first kappa shape index (κ1) is 20.5. The van der Waals surface area contributed by atoms with Crippen LogP contribution in [0, 0.1) is 6.92 Å². The fourth-order valence-electron chi connectivity index (χ4n) is 3.10. The summed E-state index contributed by atoms with van der Waals surface area (Å²) in [6, 6.07) is 13.1. The first-order valence-corrected chi connectivity index (χ1v) is 9.57. The minimum Gasteiger partial charge on any atom is -0.492 e. The zero-order valence-electron chi connectivity index (χ0n) is 16.6. The van der Waals surface area contributed by atoms with Crippen LogP contribution in [0.5, 0.6) is 5.75 Å². The predicted octanol–water partition coefficient (Wildman–Crippen LogP) is 2.22. The first-order valence-electron chi connectivity index (χ1n) is 9.57. The Morgan fingerprint density at radius 3 is 2.66 bits per heavy atom. The lowest BCUT2D eigenvalue weighted by Gasteiger charge is -2.14. The number of carbonyl (C=O) groups is 1. The van der Waals surface area contributed by atoms with Gasteiger partial charge < -0.3 is 15.2 Å². The monoisotopic (exact) mass is 395 g/mol. The quantitative estimate of drug-likeness (QED) is 0.599. The number of hydrogen-bond acceptors (Lipinski definition) is 5. The van der Waals surface area contributed by atoms with Crippen molar-refractivity contribution in [1.82, 2.24) is 9.78 Å². The molecule has 7 nitrogen and oxygen atoms in total. The van der Waals surface area contributed by atoms with Crippen molar-refractivity contribution in [3.8, 4) is 5.75 Å². The number of amides is 1. The maximum absolute atomic E-state index is 12.5. The molecule has 1 amide bonds. The fourth-order valence-corrected chi connectivity index (χ4v) is 3.10. The zero-order chi connectivity index (χ0) is 20.8. The number of carbonyl (C=O) groups excluding carboxylic acids is 1. The Labute approximate surface area is 169 Å². The third-order valence-electron chi connectivity index (χ3n) is 4.61. The van der Waals surface area contributed by atoms with E-state index in [1.165, 1.54) is 4.68 Å². The molecule has 0 spiro atoms. The second kappa shape index (κ2) is 9.34. The number of fused-ring (bicyclic) bond motifs is 1. The molecule has 0 radical (unpaired) electrons. The van der Waals surface area contributed by atoms with Crippen molar-refractivity contribution in [3.63, 3.8) is 0 Å². The van der Waals surface area contributed by atoms with E-state index in [9.17, 15) is 9.59 Å². The summed E-state index contributed by atoms with van der Waals surface area (Å²) in [6.45, 7) is 4.89. The summed E-state index contributed by atoms with van der Waals surface area (Å²) in [5.41, 5.74) is 7.24. The van der Waals surface area contributed by atoms with Crippen LogP contribution in [0.2, 0.25) is 0 Å². The summed E-state index contributed by atoms with van der Waals surface area (Å²) in [4.78, 5) is 23.9. The molecule has 2 N–H and O–H groups in total. The van der Waals surface area contributed by atoms with Gasteiger partial charge in [0.25, 0.3) is 5.56 Å². The highest BCUT2D eigenvalue weighted by Crippen LogP contribution is 2.15. The highest BCUT2D eigenvalue weighted by molar-refractivity contribution is 5.81. The van der Waals surface area contributed by atoms with Crippen LogP contribution in [-0.2, 0) is 22.5 Å². The summed E-state index contributed by atoms with van der Waals surface area (Å²) >= 11 is 0. The van der Waals surface area contributed by atoms with Crippen molar-refractivity contribution in [2.45, 2.75) is 32.9 Å². The second-order valence-corrected chi connectivity index (χ2v) is 6.81. The van der Waals surface area contributed by atoms with Gasteiger partial charge in [0, 0.05) is 18.4 Å². The number of aromatic nitrogens is 2. The molecule has 0 saturated heterocycles. The predicted molar refractivity (Wildman–Crippen MR) is 111 cm³/mol. The van der Waals surface area contributed by atoms with E-state index in [1.807, 2.05) is 56.3 Å². The molecule has 152 valence electrons.